The van der Waals surface area contributed by atoms with E-state index in [9.17, 15) is 14.3 Å². The van der Waals surface area contributed by atoms with Crippen molar-refractivity contribution in [3.05, 3.63) is 34.6 Å². The maximum absolute atomic E-state index is 12.8. The first kappa shape index (κ1) is 13.9. The van der Waals surface area contributed by atoms with Crippen LogP contribution in [-0.4, -0.2) is 23.2 Å². The highest BCUT2D eigenvalue weighted by atomic mass is 35.5. The molecule has 1 amide bonds. The quantitative estimate of drug-likeness (QED) is 0.872. The van der Waals surface area contributed by atoms with Crippen LogP contribution in [0.1, 0.15) is 30.6 Å². The Morgan fingerprint density at radius 2 is 2.24 bits per heavy atom. The van der Waals surface area contributed by atoms with E-state index in [1.54, 1.807) is 6.92 Å². The van der Waals surface area contributed by atoms with Crippen LogP contribution in [0.5, 0.6) is 0 Å². The van der Waals surface area contributed by atoms with E-state index in [0.717, 1.165) is 6.07 Å². The number of amides is 1. The van der Waals surface area contributed by atoms with E-state index < -0.39 is 17.3 Å². The van der Waals surface area contributed by atoms with Crippen molar-refractivity contribution in [1.82, 2.24) is 5.32 Å². The number of aliphatic hydroxyl groups excluding tert-OH is 1. The Morgan fingerprint density at radius 3 is 2.71 bits per heavy atom. The largest absolute Gasteiger partial charge is 0.394 e. The maximum Gasteiger partial charge on any atom is 0.253 e. The van der Waals surface area contributed by atoms with Gasteiger partial charge in [0.15, 0.2) is 0 Å². The van der Waals surface area contributed by atoms with Crippen LogP contribution in [0.25, 0.3) is 0 Å². The number of benzene rings is 1. The predicted octanol–water partition coefficient (Wildman–Crippen LogP) is 2.37. The zero-order valence-corrected chi connectivity index (χ0v) is 10.5. The molecule has 94 valence electrons. The van der Waals surface area contributed by atoms with Gasteiger partial charge in [0.2, 0.25) is 0 Å². The second-order valence-corrected chi connectivity index (χ2v) is 4.56. The highest BCUT2D eigenvalue weighted by Gasteiger charge is 2.24. The molecule has 3 nitrogen and oxygen atoms in total. The number of halogens is 2. The summed E-state index contributed by atoms with van der Waals surface area (Å²) in [5.41, 5.74) is -0.504. The maximum atomic E-state index is 12.8. The van der Waals surface area contributed by atoms with Crippen molar-refractivity contribution >= 4 is 17.5 Å². The summed E-state index contributed by atoms with van der Waals surface area (Å²) in [4.78, 5) is 11.9. The van der Waals surface area contributed by atoms with Crippen molar-refractivity contribution in [2.24, 2.45) is 0 Å². The average molecular weight is 260 g/mol. The summed E-state index contributed by atoms with van der Waals surface area (Å²) in [5, 5.41) is 11.9. The van der Waals surface area contributed by atoms with Crippen LogP contribution in [0.3, 0.4) is 0 Å². The predicted molar refractivity (Wildman–Crippen MR) is 64.7 cm³/mol. The number of hydrogen-bond donors (Lipinski definition) is 2. The fourth-order valence-corrected chi connectivity index (χ4v) is 1.51. The van der Waals surface area contributed by atoms with Crippen LogP contribution in [0.4, 0.5) is 4.39 Å². The standard InChI is InChI=1S/C12H15ClFNO2/c1-3-12(2,7-16)15-11(17)9-5-4-8(14)6-10(9)13/h4-6,16H,3,7H2,1-2H3,(H,15,17). The van der Waals surface area contributed by atoms with Crippen molar-refractivity contribution in [1.29, 1.82) is 0 Å². The molecule has 2 N–H and O–H groups in total. The molecule has 17 heavy (non-hydrogen) atoms. The number of carbonyl (C=O) groups is 1. The third-order valence-corrected chi connectivity index (χ3v) is 3.03. The van der Waals surface area contributed by atoms with Crippen LogP contribution in [0.15, 0.2) is 18.2 Å². The first-order valence-corrected chi connectivity index (χ1v) is 5.68. The third kappa shape index (κ3) is 3.41. The van der Waals surface area contributed by atoms with Gasteiger partial charge in [-0.1, -0.05) is 18.5 Å². The molecule has 1 aromatic carbocycles. The molecular formula is C12H15ClFNO2. The number of hydrogen-bond acceptors (Lipinski definition) is 2. The van der Waals surface area contributed by atoms with E-state index in [1.807, 2.05) is 6.92 Å². The van der Waals surface area contributed by atoms with Crippen LogP contribution in [0, 0.1) is 5.82 Å². The van der Waals surface area contributed by atoms with E-state index >= 15 is 0 Å². The van der Waals surface area contributed by atoms with Gasteiger partial charge in [0.05, 0.1) is 22.7 Å². The number of carbonyl (C=O) groups excluding carboxylic acids is 1. The lowest BCUT2D eigenvalue weighted by molar-refractivity contribution is 0.0847. The minimum Gasteiger partial charge on any atom is -0.394 e. The van der Waals surface area contributed by atoms with Crippen molar-refractivity contribution in [3.8, 4) is 0 Å². The van der Waals surface area contributed by atoms with Gasteiger partial charge in [0.25, 0.3) is 5.91 Å². The van der Waals surface area contributed by atoms with Crippen molar-refractivity contribution in [2.75, 3.05) is 6.61 Å². The lowest BCUT2D eigenvalue weighted by Gasteiger charge is -2.27. The zero-order valence-electron chi connectivity index (χ0n) is 9.76. The Bertz CT molecular complexity index is 419. The van der Waals surface area contributed by atoms with Gasteiger partial charge < -0.3 is 10.4 Å². The van der Waals surface area contributed by atoms with Gasteiger partial charge >= 0.3 is 0 Å². The van der Waals surface area contributed by atoms with Crippen LogP contribution in [-0.2, 0) is 0 Å². The normalized spacial score (nSPS) is 14.2. The van der Waals surface area contributed by atoms with E-state index in [0.29, 0.717) is 6.42 Å². The fraction of sp³-hybridized carbons (Fsp3) is 0.417. The minimum atomic E-state index is -0.700. The first-order chi connectivity index (χ1) is 7.91. The molecule has 0 aliphatic heterocycles. The second-order valence-electron chi connectivity index (χ2n) is 4.15. The molecule has 0 aromatic heterocycles. The molecule has 0 saturated carbocycles. The number of nitrogens with one attached hydrogen (secondary N) is 1. The van der Waals surface area contributed by atoms with Crippen LogP contribution in [0.2, 0.25) is 5.02 Å². The van der Waals surface area contributed by atoms with Gasteiger partial charge in [-0.05, 0) is 31.5 Å². The summed E-state index contributed by atoms with van der Waals surface area (Å²) in [6.07, 6.45) is 0.577. The second kappa shape index (κ2) is 5.47. The Hall–Kier alpha value is -1.13. The zero-order chi connectivity index (χ0) is 13.1. The van der Waals surface area contributed by atoms with E-state index in [-0.39, 0.29) is 17.2 Å². The Labute approximate surface area is 105 Å². The van der Waals surface area contributed by atoms with Gasteiger partial charge in [0.1, 0.15) is 5.82 Å². The lowest BCUT2D eigenvalue weighted by Crippen LogP contribution is -2.48. The third-order valence-electron chi connectivity index (χ3n) is 2.72. The molecule has 1 atom stereocenters. The SMILES string of the molecule is CCC(C)(CO)NC(=O)c1ccc(F)cc1Cl. The number of aliphatic hydroxyl groups is 1. The molecule has 0 aliphatic rings. The molecular weight excluding hydrogens is 245 g/mol. The van der Waals surface area contributed by atoms with Gasteiger partial charge in [-0.25, -0.2) is 4.39 Å². The molecule has 0 aliphatic carbocycles. The van der Waals surface area contributed by atoms with Crippen LogP contribution >= 0.6 is 11.6 Å². The fourth-order valence-electron chi connectivity index (χ4n) is 1.25. The summed E-state index contributed by atoms with van der Waals surface area (Å²) in [7, 11) is 0. The van der Waals surface area contributed by atoms with E-state index in [4.69, 9.17) is 11.6 Å². The van der Waals surface area contributed by atoms with Crippen molar-refractivity contribution in [3.63, 3.8) is 0 Å². The first-order valence-electron chi connectivity index (χ1n) is 5.30. The minimum absolute atomic E-state index is 0.0545. The van der Waals surface area contributed by atoms with E-state index in [2.05, 4.69) is 5.32 Å². The van der Waals surface area contributed by atoms with Gasteiger partial charge in [-0.2, -0.15) is 0 Å². The molecule has 1 rings (SSSR count). The number of rotatable bonds is 4. The molecule has 5 heteroatoms. The van der Waals surface area contributed by atoms with Crippen molar-refractivity contribution in [2.45, 2.75) is 25.8 Å². The molecule has 0 fully saturated rings. The molecule has 0 bridgehead atoms. The molecule has 0 radical (unpaired) electrons. The summed E-state index contributed by atoms with van der Waals surface area (Å²) in [6.45, 7) is 3.40. The van der Waals surface area contributed by atoms with Crippen molar-refractivity contribution < 1.29 is 14.3 Å². The Kier molecular flexibility index (Phi) is 4.48. The van der Waals surface area contributed by atoms with Crippen LogP contribution < -0.4 is 5.32 Å². The van der Waals surface area contributed by atoms with Gasteiger partial charge in [-0.3, -0.25) is 4.79 Å². The van der Waals surface area contributed by atoms with E-state index in [1.165, 1.54) is 12.1 Å². The molecule has 1 aromatic rings. The molecule has 0 spiro atoms. The summed E-state index contributed by atoms with van der Waals surface area (Å²) < 4.78 is 12.8. The average Bonchev–Trinajstić information content (AvgIpc) is 2.28. The lowest BCUT2D eigenvalue weighted by atomic mass is 9.99. The Balaban J connectivity index is 2.90. The molecule has 0 heterocycles. The summed E-state index contributed by atoms with van der Waals surface area (Å²) in [6, 6.07) is 3.57. The Morgan fingerprint density at radius 1 is 1.59 bits per heavy atom. The smallest absolute Gasteiger partial charge is 0.253 e. The highest BCUT2D eigenvalue weighted by molar-refractivity contribution is 6.33. The monoisotopic (exact) mass is 259 g/mol. The molecule has 0 saturated heterocycles. The van der Waals surface area contributed by atoms with Gasteiger partial charge in [0, 0.05) is 0 Å². The highest BCUT2D eigenvalue weighted by Crippen LogP contribution is 2.18. The van der Waals surface area contributed by atoms with Gasteiger partial charge in [-0.15, -0.1) is 0 Å². The summed E-state index contributed by atoms with van der Waals surface area (Å²) >= 11 is 5.78. The molecule has 1 unspecified atom stereocenters. The topological polar surface area (TPSA) is 49.3 Å². The summed E-state index contributed by atoms with van der Waals surface area (Å²) in [5.74, 6) is -0.916.